The molecule has 0 spiro atoms. The topological polar surface area (TPSA) is 78.2 Å². The summed E-state index contributed by atoms with van der Waals surface area (Å²) in [5, 5.41) is 7.42. The average Bonchev–Trinajstić information content (AvgIpc) is 2.71. The van der Waals surface area contributed by atoms with Gasteiger partial charge in [0.2, 0.25) is 5.91 Å². The van der Waals surface area contributed by atoms with Crippen LogP contribution >= 0.6 is 0 Å². The summed E-state index contributed by atoms with van der Waals surface area (Å²) in [6.07, 6.45) is -0.485. The van der Waals surface area contributed by atoms with Gasteiger partial charge in [0.05, 0.1) is 11.3 Å². The Bertz CT molecular complexity index is 682. The quantitative estimate of drug-likeness (QED) is 0.763. The molecule has 0 bridgehead atoms. The van der Waals surface area contributed by atoms with Crippen molar-refractivity contribution in [3.05, 3.63) is 29.6 Å². The molecule has 19 heavy (non-hydrogen) atoms. The molecule has 0 radical (unpaired) electrons. The Balaban J connectivity index is 2.39. The molecule has 2 rings (SSSR count). The van der Waals surface area contributed by atoms with Gasteiger partial charge in [-0.2, -0.15) is 13.7 Å². The van der Waals surface area contributed by atoms with Gasteiger partial charge < -0.3 is 4.90 Å². The lowest BCUT2D eigenvalue weighted by molar-refractivity contribution is -0.117. The van der Waals surface area contributed by atoms with E-state index in [0.717, 1.165) is 17.0 Å². The minimum Gasteiger partial charge on any atom is -0.310 e. The van der Waals surface area contributed by atoms with Gasteiger partial charge in [-0.1, -0.05) is 0 Å². The predicted molar refractivity (Wildman–Crippen MR) is 61.9 cm³/mol. The van der Waals surface area contributed by atoms with Crippen LogP contribution in [0.15, 0.2) is 18.2 Å². The van der Waals surface area contributed by atoms with E-state index in [9.17, 15) is 21.5 Å². The molecule has 1 unspecified atom stereocenters. The largest absolute Gasteiger partial charge is 0.310 e. The molecular formula is C11H8F2N2O3S. The van der Waals surface area contributed by atoms with Crippen molar-refractivity contribution in [2.24, 2.45) is 0 Å². The van der Waals surface area contributed by atoms with Crippen LogP contribution in [0.4, 0.5) is 14.0 Å². The number of nitriles is 1. The number of carbonyl (C=O) groups is 1. The summed E-state index contributed by atoms with van der Waals surface area (Å²) in [7, 11) is -4.82. The number of halogens is 2. The predicted octanol–water partition coefficient (Wildman–Crippen LogP) is 1.10. The number of amides is 1. The Kier molecular flexibility index (Phi) is 3.24. The van der Waals surface area contributed by atoms with Crippen molar-refractivity contribution in [3.8, 4) is 6.07 Å². The molecule has 0 aromatic heterocycles. The summed E-state index contributed by atoms with van der Waals surface area (Å²) in [6, 6.07) is 4.88. The summed E-state index contributed by atoms with van der Waals surface area (Å²) in [5.41, 5.74) is -0.0229. The number of hydrogen-bond donors (Lipinski definition) is 0. The zero-order chi connectivity index (χ0) is 14.2. The van der Waals surface area contributed by atoms with Gasteiger partial charge in [0.25, 0.3) is 0 Å². The fraction of sp³-hybridized carbons (Fsp3) is 0.273. The minimum atomic E-state index is -4.82. The monoisotopic (exact) mass is 286 g/mol. The van der Waals surface area contributed by atoms with Crippen LogP contribution in [0.25, 0.3) is 0 Å². The molecule has 100 valence electrons. The third kappa shape index (κ3) is 2.56. The number of anilines is 1. The van der Waals surface area contributed by atoms with E-state index < -0.39 is 33.6 Å². The standard InChI is InChI=1S/C11H8F2N2O3S/c12-8-1-2-10(7(3-8)5-14)15-6-9(4-11(15)16)19(13,17)18/h1-3,9H,4,6H2. The van der Waals surface area contributed by atoms with Crippen LogP contribution < -0.4 is 4.90 Å². The molecule has 1 aliphatic rings. The van der Waals surface area contributed by atoms with Crippen LogP contribution in [0.2, 0.25) is 0 Å². The number of benzene rings is 1. The lowest BCUT2D eigenvalue weighted by Gasteiger charge is -2.17. The van der Waals surface area contributed by atoms with Crippen molar-refractivity contribution in [2.45, 2.75) is 11.7 Å². The van der Waals surface area contributed by atoms with Crippen LogP contribution in [0.1, 0.15) is 12.0 Å². The number of hydrogen-bond acceptors (Lipinski definition) is 4. The Morgan fingerprint density at radius 3 is 2.63 bits per heavy atom. The zero-order valence-corrected chi connectivity index (χ0v) is 10.3. The van der Waals surface area contributed by atoms with Gasteiger partial charge in [-0.05, 0) is 18.2 Å². The maximum Gasteiger partial charge on any atom is 0.307 e. The highest BCUT2D eigenvalue weighted by molar-refractivity contribution is 7.87. The van der Waals surface area contributed by atoms with E-state index in [-0.39, 0.29) is 17.8 Å². The van der Waals surface area contributed by atoms with Gasteiger partial charge in [-0.15, -0.1) is 3.89 Å². The number of rotatable bonds is 2. The normalized spacial score (nSPS) is 19.5. The van der Waals surface area contributed by atoms with Crippen molar-refractivity contribution in [3.63, 3.8) is 0 Å². The molecular weight excluding hydrogens is 278 g/mol. The van der Waals surface area contributed by atoms with Gasteiger partial charge in [0.1, 0.15) is 17.1 Å². The lowest BCUT2D eigenvalue weighted by atomic mass is 10.1. The van der Waals surface area contributed by atoms with Crippen LogP contribution in [0.5, 0.6) is 0 Å². The van der Waals surface area contributed by atoms with Crippen molar-refractivity contribution in [1.82, 2.24) is 0 Å². The van der Waals surface area contributed by atoms with Gasteiger partial charge in [0.15, 0.2) is 0 Å². The van der Waals surface area contributed by atoms with E-state index in [0.29, 0.717) is 0 Å². The summed E-state index contributed by atoms with van der Waals surface area (Å²) in [4.78, 5) is 12.7. The zero-order valence-electron chi connectivity index (χ0n) is 9.51. The number of carbonyl (C=O) groups excluding carboxylic acids is 1. The molecule has 8 heteroatoms. The van der Waals surface area contributed by atoms with Crippen LogP contribution in [-0.4, -0.2) is 26.1 Å². The molecule has 0 N–H and O–H groups in total. The Morgan fingerprint density at radius 2 is 2.11 bits per heavy atom. The Morgan fingerprint density at radius 1 is 1.42 bits per heavy atom. The van der Waals surface area contributed by atoms with Gasteiger partial charge in [-0.3, -0.25) is 4.79 Å². The molecule has 0 saturated carbocycles. The van der Waals surface area contributed by atoms with Gasteiger partial charge >= 0.3 is 10.2 Å². The Hall–Kier alpha value is -2.01. The SMILES string of the molecule is N#Cc1cc(F)ccc1N1CC(S(=O)(=O)F)CC1=O. The second kappa shape index (κ2) is 4.59. The van der Waals surface area contributed by atoms with E-state index in [1.165, 1.54) is 6.07 Å². The molecule has 0 aliphatic carbocycles. The molecule has 1 aromatic rings. The van der Waals surface area contributed by atoms with Gasteiger partial charge in [-0.25, -0.2) is 4.39 Å². The first-order valence-electron chi connectivity index (χ1n) is 5.26. The molecule has 1 saturated heterocycles. The van der Waals surface area contributed by atoms with E-state index >= 15 is 0 Å². The minimum absolute atomic E-state index is 0.0834. The third-order valence-corrected chi connectivity index (χ3v) is 3.97. The van der Waals surface area contributed by atoms with Crippen LogP contribution in [0.3, 0.4) is 0 Å². The smallest absolute Gasteiger partial charge is 0.307 e. The number of nitrogens with zero attached hydrogens (tertiary/aromatic N) is 2. The highest BCUT2D eigenvalue weighted by Gasteiger charge is 2.39. The first-order valence-corrected chi connectivity index (χ1v) is 6.71. The maximum absolute atomic E-state index is 13.0. The average molecular weight is 286 g/mol. The molecule has 1 heterocycles. The fourth-order valence-electron chi connectivity index (χ4n) is 1.93. The molecule has 1 aliphatic heterocycles. The molecule has 1 fully saturated rings. The van der Waals surface area contributed by atoms with Gasteiger partial charge in [0, 0.05) is 13.0 Å². The van der Waals surface area contributed by atoms with E-state index in [1.54, 1.807) is 6.07 Å². The third-order valence-electron chi connectivity index (χ3n) is 2.86. The highest BCUT2D eigenvalue weighted by atomic mass is 32.3. The summed E-state index contributed by atoms with van der Waals surface area (Å²) >= 11 is 0. The van der Waals surface area contributed by atoms with Crippen LogP contribution in [0, 0.1) is 17.1 Å². The summed E-state index contributed by atoms with van der Waals surface area (Å²) in [6.45, 7) is -0.377. The van der Waals surface area contributed by atoms with Crippen molar-refractivity contribution < 1.29 is 21.5 Å². The molecule has 5 nitrogen and oxygen atoms in total. The first kappa shape index (κ1) is 13.4. The summed E-state index contributed by atoms with van der Waals surface area (Å²) < 4.78 is 47.4. The first-order chi connectivity index (χ1) is 8.82. The molecule has 1 amide bonds. The van der Waals surface area contributed by atoms with Crippen molar-refractivity contribution >= 4 is 21.8 Å². The maximum atomic E-state index is 13.0. The second-order valence-corrected chi connectivity index (χ2v) is 5.70. The van der Waals surface area contributed by atoms with E-state index in [4.69, 9.17) is 5.26 Å². The molecule has 1 atom stereocenters. The van der Waals surface area contributed by atoms with E-state index in [1.807, 2.05) is 0 Å². The Labute approximate surface area is 108 Å². The lowest BCUT2D eigenvalue weighted by Crippen LogP contribution is -2.27. The summed E-state index contributed by atoms with van der Waals surface area (Å²) in [5.74, 6) is -1.27. The fourth-order valence-corrected chi connectivity index (χ4v) is 2.60. The van der Waals surface area contributed by atoms with Crippen molar-refractivity contribution in [1.29, 1.82) is 5.26 Å². The second-order valence-electron chi connectivity index (χ2n) is 4.08. The van der Waals surface area contributed by atoms with Crippen LogP contribution in [-0.2, 0) is 15.0 Å². The highest BCUT2D eigenvalue weighted by Crippen LogP contribution is 2.28. The van der Waals surface area contributed by atoms with Crippen molar-refractivity contribution in [2.75, 3.05) is 11.4 Å². The molecule has 1 aromatic carbocycles. The van der Waals surface area contributed by atoms with E-state index in [2.05, 4.69) is 0 Å².